The molecule has 0 spiro atoms. The summed E-state index contributed by atoms with van der Waals surface area (Å²) in [5.41, 5.74) is 0. The molecule has 0 bridgehead atoms. The van der Waals surface area contributed by atoms with E-state index in [9.17, 15) is 19.2 Å². The molecular weight excluding hydrogens is 310 g/mol. The van der Waals surface area contributed by atoms with Crippen LogP contribution in [0.5, 0.6) is 0 Å². The Labute approximate surface area is 132 Å². The molecule has 0 aromatic heterocycles. The topological polar surface area (TPSA) is 117 Å². The van der Waals surface area contributed by atoms with E-state index in [1.54, 1.807) is 6.92 Å². The molecule has 23 heavy (non-hydrogen) atoms. The third-order valence-corrected chi connectivity index (χ3v) is 3.69. The number of rotatable bonds is 4. The molecule has 1 heterocycles. The Balaban J connectivity index is 2.30. The summed E-state index contributed by atoms with van der Waals surface area (Å²) in [4.78, 5) is 46.3. The van der Waals surface area contributed by atoms with Crippen molar-refractivity contribution in [2.45, 2.75) is 51.5 Å². The lowest BCUT2D eigenvalue weighted by atomic mass is 9.79. The number of nitrogens with one attached hydrogen (secondary N) is 1. The SMILES string of the molecule is CCOC(=O)[C@@H]1C[C@@H](NC(C)=O)[C@@H]2OC(=O)O[C@@H]2[C@H]1OC(C)=O. The summed E-state index contributed by atoms with van der Waals surface area (Å²) in [6.45, 7) is 4.30. The molecule has 1 amide bonds. The van der Waals surface area contributed by atoms with Crippen LogP contribution >= 0.6 is 0 Å². The van der Waals surface area contributed by atoms with Gasteiger partial charge in [0.1, 0.15) is 0 Å². The molecule has 1 aliphatic carbocycles. The summed E-state index contributed by atoms with van der Waals surface area (Å²) in [6.07, 6.45) is -3.66. The van der Waals surface area contributed by atoms with Crippen molar-refractivity contribution in [3.8, 4) is 0 Å². The Morgan fingerprint density at radius 1 is 1.22 bits per heavy atom. The highest BCUT2D eigenvalue weighted by atomic mass is 16.8. The minimum atomic E-state index is -1.02. The van der Waals surface area contributed by atoms with Gasteiger partial charge in [-0.3, -0.25) is 14.4 Å². The molecule has 0 unspecified atom stereocenters. The van der Waals surface area contributed by atoms with Crippen LogP contribution in [0, 0.1) is 5.92 Å². The highest BCUT2D eigenvalue weighted by molar-refractivity contribution is 5.77. The fraction of sp³-hybridized carbons (Fsp3) is 0.714. The predicted molar refractivity (Wildman–Crippen MR) is 73.0 cm³/mol. The maximum absolute atomic E-state index is 12.2. The van der Waals surface area contributed by atoms with Gasteiger partial charge in [0.05, 0.1) is 18.6 Å². The molecule has 128 valence electrons. The van der Waals surface area contributed by atoms with Crippen LogP contribution in [0.1, 0.15) is 27.2 Å². The van der Waals surface area contributed by atoms with Gasteiger partial charge in [-0.25, -0.2) is 4.79 Å². The molecule has 9 nitrogen and oxygen atoms in total. The summed E-state index contributed by atoms with van der Waals surface area (Å²) in [5, 5.41) is 2.63. The molecule has 0 aromatic rings. The molecule has 0 aromatic carbocycles. The first-order chi connectivity index (χ1) is 10.8. The third-order valence-electron chi connectivity index (χ3n) is 3.69. The van der Waals surface area contributed by atoms with E-state index < -0.39 is 48.4 Å². The van der Waals surface area contributed by atoms with Gasteiger partial charge in [0.25, 0.3) is 0 Å². The largest absolute Gasteiger partial charge is 0.509 e. The first-order valence-electron chi connectivity index (χ1n) is 7.31. The molecule has 5 atom stereocenters. The number of carbonyl (C=O) groups is 4. The molecule has 1 N–H and O–H groups in total. The maximum atomic E-state index is 12.2. The minimum absolute atomic E-state index is 0.105. The zero-order chi connectivity index (χ0) is 17.1. The maximum Gasteiger partial charge on any atom is 0.509 e. The van der Waals surface area contributed by atoms with E-state index in [1.165, 1.54) is 13.8 Å². The Kier molecular flexibility index (Phi) is 5.07. The van der Waals surface area contributed by atoms with E-state index in [4.69, 9.17) is 18.9 Å². The van der Waals surface area contributed by atoms with Crippen LogP contribution in [0.15, 0.2) is 0 Å². The first-order valence-corrected chi connectivity index (χ1v) is 7.31. The van der Waals surface area contributed by atoms with Crippen LogP contribution in [0.4, 0.5) is 4.79 Å². The summed E-state index contributed by atoms with van der Waals surface area (Å²) in [5.74, 6) is -2.42. The monoisotopic (exact) mass is 329 g/mol. The number of amides is 1. The van der Waals surface area contributed by atoms with Crippen molar-refractivity contribution in [3.05, 3.63) is 0 Å². The number of hydrogen-bond donors (Lipinski definition) is 1. The number of hydrogen-bond acceptors (Lipinski definition) is 8. The molecule has 1 aliphatic heterocycles. The van der Waals surface area contributed by atoms with Crippen molar-refractivity contribution in [1.29, 1.82) is 0 Å². The van der Waals surface area contributed by atoms with E-state index in [2.05, 4.69) is 5.32 Å². The van der Waals surface area contributed by atoms with Gasteiger partial charge in [-0.15, -0.1) is 0 Å². The predicted octanol–water partition coefficient (Wildman–Crippen LogP) is -0.0902. The lowest BCUT2D eigenvalue weighted by molar-refractivity contribution is -0.175. The van der Waals surface area contributed by atoms with Crippen LogP contribution < -0.4 is 5.32 Å². The fourth-order valence-electron chi connectivity index (χ4n) is 2.94. The van der Waals surface area contributed by atoms with Crippen LogP contribution in [-0.4, -0.2) is 55.0 Å². The van der Waals surface area contributed by atoms with Crippen molar-refractivity contribution in [1.82, 2.24) is 5.32 Å². The van der Waals surface area contributed by atoms with E-state index in [-0.39, 0.29) is 18.9 Å². The Bertz CT molecular complexity index is 519. The number of ether oxygens (including phenoxy) is 4. The van der Waals surface area contributed by atoms with Gasteiger partial charge >= 0.3 is 18.1 Å². The van der Waals surface area contributed by atoms with E-state index in [1.807, 2.05) is 0 Å². The summed E-state index contributed by atoms with van der Waals surface area (Å²) >= 11 is 0. The second kappa shape index (κ2) is 6.84. The molecule has 9 heteroatoms. The molecule has 0 radical (unpaired) electrons. The molecular formula is C14H19NO8. The highest BCUT2D eigenvalue weighted by Crippen LogP contribution is 2.36. The van der Waals surface area contributed by atoms with Crippen molar-refractivity contribution >= 4 is 24.0 Å². The average Bonchev–Trinajstić information content (AvgIpc) is 2.82. The zero-order valence-corrected chi connectivity index (χ0v) is 13.1. The molecule has 1 saturated heterocycles. The second-order valence-corrected chi connectivity index (χ2v) is 5.39. The Morgan fingerprint density at radius 2 is 1.87 bits per heavy atom. The summed E-state index contributed by atoms with van der Waals surface area (Å²) < 4.78 is 20.3. The lowest BCUT2D eigenvalue weighted by Crippen LogP contribution is -2.60. The van der Waals surface area contributed by atoms with E-state index in [0.29, 0.717) is 0 Å². The Morgan fingerprint density at radius 3 is 2.43 bits per heavy atom. The fourth-order valence-corrected chi connectivity index (χ4v) is 2.94. The Hall–Kier alpha value is -2.32. The standard InChI is InChI=1S/C14H19NO8/c1-4-20-13(18)8-5-9(15-6(2)16)11-12(23-14(19)22-11)10(8)21-7(3)17/h8-12H,4-5H2,1-3H3,(H,15,16)/t8-,9-,10+,11+,12-/m1/s1. The zero-order valence-electron chi connectivity index (χ0n) is 13.1. The minimum Gasteiger partial charge on any atom is -0.466 e. The second-order valence-electron chi connectivity index (χ2n) is 5.39. The van der Waals surface area contributed by atoms with Gasteiger partial charge < -0.3 is 24.3 Å². The van der Waals surface area contributed by atoms with Crippen molar-refractivity contribution < 1.29 is 38.1 Å². The molecule has 2 aliphatic rings. The lowest BCUT2D eigenvalue weighted by Gasteiger charge is -2.39. The molecule has 2 rings (SSSR count). The van der Waals surface area contributed by atoms with Gasteiger partial charge in [-0.05, 0) is 13.3 Å². The van der Waals surface area contributed by atoms with Crippen molar-refractivity contribution in [2.75, 3.05) is 6.61 Å². The first kappa shape index (κ1) is 17.0. The van der Waals surface area contributed by atoms with Crippen molar-refractivity contribution in [3.63, 3.8) is 0 Å². The number of carbonyl (C=O) groups excluding carboxylic acids is 4. The smallest absolute Gasteiger partial charge is 0.466 e. The average molecular weight is 329 g/mol. The summed E-state index contributed by atoms with van der Waals surface area (Å²) in [7, 11) is 0. The highest BCUT2D eigenvalue weighted by Gasteiger charge is 2.57. The number of esters is 2. The van der Waals surface area contributed by atoms with E-state index >= 15 is 0 Å². The van der Waals surface area contributed by atoms with Gasteiger partial charge in [0, 0.05) is 13.8 Å². The van der Waals surface area contributed by atoms with Gasteiger partial charge in [0.2, 0.25) is 5.91 Å². The summed E-state index contributed by atoms with van der Waals surface area (Å²) in [6, 6.07) is -0.634. The van der Waals surface area contributed by atoms with Crippen molar-refractivity contribution in [2.24, 2.45) is 5.92 Å². The van der Waals surface area contributed by atoms with E-state index in [0.717, 1.165) is 0 Å². The molecule has 2 fully saturated rings. The van der Waals surface area contributed by atoms with Crippen LogP contribution in [0.3, 0.4) is 0 Å². The van der Waals surface area contributed by atoms with Gasteiger partial charge in [0.15, 0.2) is 18.3 Å². The van der Waals surface area contributed by atoms with Gasteiger partial charge in [-0.2, -0.15) is 0 Å². The third kappa shape index (κ3) is 3.72. The van der Waals surface area contributed by atoms with Crippen LogP contribution in [-0.2, 0) is 33.3 Å². The number of fused-ring (bicyclic) bond motifs is 1. The van der Waals surface area contributed by atoms with Crippen LogP contribution in [0.25, 0.3) is 0 Å². The normalized spacial score (nSPS) is 32.1. The quantitative estimate of drug-likeness (QED) is 0.562. The molecule has 1 saturated carbocycles. The van der Waals surface area contributed by atoms with Crippen LogP contribution in [0.2, 0.25) is 0 Å². The van der Waals surface area contributed by atoms with Gasteiger partial charge in [-0.1, -0.05) is 0 Å².